The van der Waals surface area contributed by atoms with Crippen LogP contribution in [0.2, 0.25) is 0 Å². The molecule has 7 heteroatoms. The van der Waals surface area contributed by atoms with E-state index in [0.717, 1.165) is 13.1 Å². The average molecular weight is 338 g/mol. The molecule has 2 aliphatic rings. The van der Waals surface area contributed by atoms with Crippen LogP contribution >= 0.6 is 24.0 Å². The van der Waals surface area contributed by atoms with Gasteiger partial charge in [0.1, 0.15) is 10.1 Å². The Morgan fingerprint density at radius 2 is 2.14 bits per heavy atom. The van der Waals surface area contributed by atoms with Gasteiger partial charge < -0.3 is 9.15 Å². The van der Waals surface area contributed by atoms with Crippen molar-refractivity contribution in [2.45, 2.75) is 26.1 Å². The Kier molecular flexibility index (Phi) is 4.67. The van der Waals surface area contributed by atoms with Crippen molar-refractivity contribution in [2.24, 2.45) is 0 Å². The Bertz CT molecular complexity index is 590. The summed E-state index contributed by atoms with van der Waals surface area (Å²) in [4.78, 5) is 17.0. The van der Waals surface area contributed by atoms with Crippen molar-refractivity contribution in [2.75, 3.05) is 19.8 Å². The predicted molar refractivity (Wildman–Crippen MR) is 90.2 cm³/mol. The largest absolute Gasteiger partial charge is 0.465 e. The van der Waals surface area contributed by atoms with Crippen LogP contribution in [-0.2, 0) is 9.53 Å². The minimum Gasteiger partial charge on any atom is -0.465 e. The molecule has 1 amide bonds. The Balaban J connectivity index is 1.69. The Hall–Kier alpha value is -1.15. The standard InChI is InChI=1S/C15H18N2O3S2/c1-10-7-16(8-11(2)20-10)9-17-14(18)13(22-15(17)21)6-12-4-3-5-19-12/h3-6,10-11H,7-9H2,1-2H3/b13-6-/t10-,11-/m0/s1. The summed E-state index contributed by atoms with van der Waals surface area (Å²) in [5.74, 6) is 0.604. The first kappa shape index (κ1) is 15.7. The van der Waals surface area contributed by atoms with E-state index in [-0.39, 0.29) is 18.1 Å². The summed E-state index contributed by atoms with van der Waals surface area (Å²) in [6.45, 7) is 6.21. The maximum Gasteiger partial charge on any atom is 0.267 e. The number of carbonyl (C=O) groups excluding carboxylic acids is 1. The van der Waals surface area contributed by atoms with Crippen LogP contribution in [-0.4, -0.2) is 52.0 Å². The fourth-order valence-electron chi connectivity index (χ4n) is 2.72. The van der Waals surface area contributed by atoms with E-state index >= 15 is 0 Å². The van der Waals surface area contributed by atoms with Gasteiger partial charge in [0.2, 0.25) is 0 Å². The predicted octanol–water partition coefficient (Wildman–Crippen LogP) is 2.55. The molecule has 2 fully saturated rings. The smallest absolute Gasteiger partial charge is 0.267 e. The number of morpholine rings is 1. The third-order valence-electron chi connectivity index (χ3n) is 3.53. The average Bonchev–Trinajstić information content (AvgIpc) is 3.03. The molecule has 0 saturated carbocycles. The molecule has 0 aliphatic carbocycles. The highest BCUT2D eigenvalue weighted by Crippen LogP contribution is 2.33. The van der Waals surface area contributed by atoms with E-state index in [0.29, 0.717) is 21.7 Å². The van der Waals surface area contributed by atoms with Gasteiger partial charge in [-0.15, -0.1) is 0 Å². The van der Waals surface area contributed by atoms with E-state index < -0.39 is 0 Å². The molecular formula is C15H18N2O3S2. The lowest BCUT2D eigenvalue weighted by Crippen LogP contribution is -2.50. The number of ether oxygens (including phenoxy) is 1. The molecule has 3 heterocycles. The summed E-state index contributed by atoms with van der Waals surface area (Å²) in [6.07, 6.45) is 3.66. The number of furan rings is 1. The molecule has 2 atom stereocenters. The van der Waals surface area contributed by atoms with Gasteiger partial charge in [0.15, 0.2) is 0 Å². The molecular weight excluding hydrogens is 320 g/mol. The van der Waals surface area contributed by atoms with Crippen LogP contribution in [0.3, 0.4) is 0 Å². The van der Waals surface area contributed by atoms with Crippen molar-refractivity contribution >= 4 is 40.3 Å². The Labute approximate surface area is 139 Å². The zero-order chi connectivity index (χ0) is 15.7. The molecule has 0 N–H and O–H groups in total. The SMILES string of the molecule is C[C@H]1CN(CN2C(=O)/C(=C/c3ccco3)SC2=S)C[C@H](C)O1. The quantitative estimate of drug-likeness (QED) is 0.623. The van der Waals surface area contributed by atoms with E-state index in [1.807, 2.05) is 19.9 Å². The summed E-state index contributed by atoms with van der Waals surface area (Å²) >= 11 is 6.68. The first-order chi connectivity index (χ1) is 10.5. The van der Waals surface area contributed by atoms with Gasteiger partial charge in [0.25, 0.3) is 5.91 Å². The van der Waals surface area contributed by atoms with Crippen LogP contribution in [0.1, 0.15) is 19.6 Å². The highest BCUT2D eigenvalue weighted by molar-refractivity contribution is 8.26. The minimum absolute atomic E-state index is 0.0572. The summed E-state index contributed by atoms with van der Waals surface area (Å²) in [7, 11) is 0. The second-order valence-electron chi connectivity index (χ2n) is 5.56. The molecule has 3 rings (SSSR count). The van der Waals surface area contributed by atoms with Crippen molar-refractivity contribution in [3.8, 4) is 0 Å². The molecule has 0 spiro atoms. The fraction of sp³-hybridized carbons (Fsp3) is 0.467. The second-order valence-corrected chi connectivity index (χ2v) is 7.24. The third kappa shape index (κ3) is 3.43. The van der Waals surface area contributed by atoms with Crippen LogP contribution in [0, 0.1) is 0 Å². The summed E-state index contributed by atoms with van der Waals surface area (Å²) < 4.78 is 11.6. The molecule has 2 saturated heterocycles. The van der Waals surface area contributed by atoms with Gasteiger partial charge in [-0.05, 0) is 26.0 Å². The van der Waals surface area contributed by atoms with Crippen LogP contribution < -0.4 is 0 Å². The van der Waals surface area contributed by atoms with Gasteiger partial charge in [-0.2, -0.15) is 0 Å². The zero-order valence-electron chi connectivity index (χ0n) is 12.5. The van der Waals surface area contributed by atoms with Crippen LogP contribution in [0.25, 0.3) is 6.08 Å². The van der Waals surface area contributed by atoms with Crippen LogP contribution in [0.4, 0.5) is 0 Å². The molecule has 0 bridgehead atoms. The van der Waals surface area contributed by atoms with Gasteiger partial charge in [0, 0.05) is 19.2 Å². The van der Waals surface area contributed by atoms with Crippen molar-refractivity contribution < 1.29 is 13.9 Å². The van der Waals surface area contributed by atoms with Crippen molar-refractivity contribution in [3.63, 3.8) is 0 Å². The van der Waals surface area contributed by atoms with Gasteiger partial charge in [0.05, 0.1) is 30.0 Å². The Morgan fingerprint density at radius 3 is 2.77 bits per heavy atom. The van der Waals surface area contributed by atoms with E-state index in [1.165, 1.54) is 11.8 Å². The van der Waals surface area contributed by atoms with Crippen molar-refractivity contribution in [3.05, 3.63) is 29.1 Å². The minimum atomic E-state index is -0.0572. The number of thiocarbonyl (C=S) groups is 1. The van der Waals surface area contributed by atoms with Gasteiger partial charge in [-0.3, -0.25) is 14.6 Å². The highest BCUT2D eigenvalue weighted by atomic mass is 32.2. The lowest BCUT2D eigenvalue weighted by atomic mass is 10.2. The normalized spacial score (nSPS) is 28.8. The van der Waals surface area contributed by atoms with Gasteiger partial charge >= 0.3 is 0 Å². The molecule has 1 aromatic rings. The maximum atomic E-state index is 12.5. The van der Waals surface area contributed by atoms with E-state index in [9.17, 15) is 4.79 Å². The molecule has 0 radical (unpaired) electrons. The lowest BCUT2D eigenvalue weighted by Gasteiger charge is -2.36. The van der Waals surface area contributed by atoms with Crippen LogP contribution in [0.5, 0.6) is 0 Å². The number of nitrogens with zero attached hydrogens (tertiary/aromatic N) is 2. The van der Waals surface area contributed by atoms with E-state index in [1.54, 1.807) is 23.3 Å². The van der Waals surface area contributed by atoms with E-state index in [4.69, 9.17) is 21.4 Å². The number of amides is 1. The zero-order valence-corrected chi connectivity index (χ0v) is 14.2. The molecule has 1 aromatic heterocycles. The number of thioether (sulfide) groups is 1. The molecule has 118 valence electrons. The molecule has 5 nitrogen and oxygen atoms in total. The fourth-order valence-corrected chi connectivity index (χ4v) is 3.95. The summed E-state index contributed by atoms with van der Waals surface area (Å²) in [5.41, 5.74) is 0. The first-order valence-electron chi connectivity index (χ1n) is 7.19. The molecule has 0 aromatic carbocycles. The molecule has 0 unspecified atom stereocenters. The molecule has 22 heavy (non-hydrogen) atoms. The molecule has 2 aliphatic heterocycles. The van der Waals surface area contributed by atoms with E-state index in [2.05, 4.69) is 4.90 Å². The summed E-state index contributed by atoms with van der Waals surface area (Å²) in [6, 6.07) is 3.61. The number of carbonyl (C=O) groups is 1. The topological polar surface area (TPSA) is 45.9 Å². The first-order valence-corrected chi connectivity index (χ1v) is 8.42. The third-order valence-corrected chi connectivity index (χ3v) is 4.90. The maximum absolute atomic E-state index is 12.5. The monoisotopic (exact) mass is 338 g/mol. The lowest BCUT2D eigenvalue weighted by molar-refractivity contribution is -0.126. The summed E-state index contributed by atoms with van der Waals surface area (Å²) in [5, 5.41) is 0. The number of hydrogen-bond donors (Lipinski definition) is 0. The Morgan fingerprint density at radius 1 is 1.41 bits per heavy atom. The van der Waals surface area contributed by atoms with Gasteiger partial charge in [-0.1, -0.05) is 24.0 Å². The highest BCUT2D eigenvalue weighted by Gasteiger charge is 2.34. The van der Waals surface area contributed by atoms with Gasteiger partial charge in [-0.25, -0.2) is 0 Å². The van der Waals surface area contributed by atoms with Crippen molar-refractivity contribution in [1.82, 2.24) is 9.80 Å². The van der Waals surface area contributed by atoms with Crippen molar-refractivity contribution in [1.29, 1.82) is 0 Å². The second kappa shape index (κ2) is 6.54. The number of rotatable bonds is 3. The number of hydrogen-bond acceptors (Lipinski definition) is 6. The van der Waals surface area contributed by atoms with Crippen LogP contribution in [0.15, 0.2) is 27.7 Å².